The number of aliphatic carboxylic acids is 1. The van der Waals surface area contributed by atoms with Crippen molar-refractivity contribution in [2.24, 2.45) is 0 Å². The van der Waals surface area contributed by atoms with Gasteiger partial charge in [0.05, 0.1) is 13.1 Å². The summed E-state index contributed by atoms with van der Waals surface area (Å²) in [5.41, 5.74) is 0.848. The van der Waals surface area contributed by atoms with Gasteiger partial charge in [0.25, 0.3) is 5.89 Å². The molecule has 1 aromatic heterocycles. The molecule has 0 saturated heterocycles. The largest absolute Gasteiger partial charge is 0.480 e. The summed E-state index contributed by atoms with van der Waals surface area (Å²) in [6, 6.07) is 9.55. The van der Waals surface area contributed by atoms with Crippen LogP contribution in [0.4, 0.5) is 0 Å². The molecule has 6 heteroatoms. The average molecular weight is 275 g/mol. The maximum atomic E-state index is 10.8. The molecule has 0 atom stereocenters. The molecule has 0 amide bonds. The highest BCUT2D eigenvalue weighted by atomic mass is 16.5. The highest BCUT2D eigenvalue weighted by Gasteiger charge is 2.17. The Hall–Kier alpha value is -2.21. The van der Waals surface area contributed by atoms with E-state index in [4.69, 9.17) is 9.63 Å². The SMILES string of the molecule is CC(C)N(CC(=O)O)Cc1noc(-c2ccccc2)n1. The minimum atomic E-state index is -0.870. The molecule has 0 unspecified atom stereocenters. The van der Waals surface area contributed by atoms with Crippen LogP contribution in [-0.4, -0.2) is 38.7 Å². The monoisotopic (exact) mass is 275 g/mol. The zero-order chi connectivity index (χ0) is 14.5. The maximum Gasteiger partial charge on any atom is 0.317 e. The smallest absolute Gasteiger partial charge is 0.317 e. The van der Waals surface area contributed by atoms with E-state index in [0.717, 1.165) is 5.56 Å². The van der Waals surface area contributed by atoms with Gasteiger partial charge in [-0.05, 0) is 26.0 Å². The average Bonchev–Trinajstić information content (AvgIpc) is 2.87. The van der Waals surface area contributed by atoms with E-state index >= 15 is 0 Å². The van der Waals surface area contributed by atoms with Crippen LogP contribution in [0.1, 0.15) is 19.7 Å². The zero-order valence-corrected chi connectivity index (χ0v) is 11.5. The standard InChI is InChI=1S/C14H17N3O3/c1-10(2)17(9-13(18)19)8-12-15-14(20-16-12)11-6-4-3-5-7-11/h3-7,10H,8-9H2,1-2H3,(H,18,19). The van der Waals surface area contributed by atoms with Crippen LogP contribution in [0.15, 0.2) is 34.9 Å². The third-order valence-electron chi connectivity index (χ3n) is 2.90. The van der Waals surface area contributed by atoms with Crippen LogP contribution in [0.5, 0.6) is 0 Å². The summed E-state index contributed by atoms with van der Waals surface area (Å²) in [7, 11) is 0. The van der Waals surface area contributed by atoms with E-state index in [1.165, 1.54) is 0 Å². The van der Waals surface area contributed by atoms with Crippen molar-refractivity contribution in [3.8, 4) is 11.5 Å². The van der Waals surface area contributed by atoms with E-state index < -0.39 is 5.97 Å². The second kappa shape index (κ2) is 6.29. The van der Waals surface area contributed by atoms with Crippen molar-refractivity contribution in [1.29, 1.82) is 0 Å². The van der Waals surface area contributed by atoms with Crippen molar-refractivity contribution in [2.45, 2.75) is 26.4 Å². The number of hydrogen-bond donors (Lipinski definition) is 1. The molecule has 20 heavy (non-hydrogen) atoms. The number of aromatic nitrogens is 2. The van der Waals surface area contributed by atoms with E-state index in [0.29, 0.717) is 18.3 Å². The molecule has 0 radical (unpaired) electrons. The van der Waals surface area contributed by atoms with Crippen molar-refractivity contribution in [3.05, 3.63) is 36.2 Å². The number of carboxylic acid groups (broad SMARTS) is 1. The molecule has 106 valence electrons. The Kier molecular flexibility index (Phi) is 4.47. The summed E-state index contributed by atoms with van der Waals surface area (Å²) >= 11 is 0. The van der Waals surface area contributed by atoms with E-state index in [1.807, 2.05) is 44.2 Å². The van der Waals surface area contributed by atoms with E-state index in [9.17, 15) is 4.79 Å². The molecule has 0 spiro atoms. The fourth-order valence-electron chi connectivity index (χ4n) is 1.79. The first-order valence-electron chi connectivity index (χ1n) is 6.40. The van der Waals surface area contributed by atoms with E-state index in [2.05, 4.69) is 10.1 Å². The van der Waals surface area contributed by atoms with Gasteiger partial charge >= 0.3 is 5.97 Å². The Labute approximate surface area is 117 Å². The fourth-order valence-corrected chi connectivity index (χ4v) is 1.79. The molecular weight excluding hydrogens is 258 g/mol. The number of carbonyl (C=O) groups is 1. The van der Waals surface area contributed by atoms with Crippen LogP contribution >= 0.6 is 0 Å². The molecule has 0 aliphatic carbocycles. The minimum Gasteiger partial charge on any atom is -0.480 e. The molecule has 0 bridgehead atoms. The van der Waals surface area contributed by atoms with Gasteiger partial charge in [-0.25, -0.2) is 0 Å². The normalized spacial score (nSPS) is 11.2. The van der Waals surface area contributed by atoms with Gasteiger partial charge in [-0.2, -0.15) is 4.98 Å². The van der Waals surface area contributed by atoms with Gasteiger partial charge in [-0.1, -0.05) is 23.4 Å². The molecule has 0 aliphatic rings. The van der Waals surface area contributed by atoms with Crippen LogP contribution in [0.25, 0.3) is 11.5 Å². The summed E-state index contributed by atoms with van der Waals surface area (Å²) in [5.74, 6) is 0.0592. The van der Waals surface area contributed by atoms with Gasteiger partial charge < -0.3 is 9.63 Å². The Balaban J connectivity index is 2.10. The molecular formula is C14H17N3O3. The second-order valence-corrected chi connectivity index (χ2v) is 4.77. The predicted molar refractivity (Wildman–Crippen MR) is 72.9 cm³/mol. The molecule has 0 saturated carbocycles. The summed E-state index contributed by atoms with van der Waals surface area (Å²) in [5, 5.41) is 12.8. The predicted octanol–water partition coefficient (Wildman–Crippen LogP) is 2.03. The number of carboxylic acids is 1. The number of benzene rings is 1. The molecule has 6 nitrogen and oxygen atoms in total. The number of hydrogen-bond acceptors (Lipinski definition) is 5. The highest BCUT2D eigenvalue weighted by molar-refractivity contribution is 5.69. The van der Waals surface area contributed by atoms with Crippen molar-refractivity contribution in [2.75, 3.05) is 6.54 Å². The lowest BCUT2D eigenvalue weighted by Crippen LogP contribution is -2.35. The molecule has 0 aliphatic heterocycles. The molecule has 1 heterocycles. The van der Waals surface area contributed by atoms with Crippen molar-refractivity contribution < 1.29 is 14.4 Å². The molecule has 0 fully saturated rings. The van der Waals surface area contributed by atoms with Crippen molar-refractivity contribution >= 4 is 5.97 Å². The second-order valence-electron chi connectivity index (χ2n) is 4.77. The van der Waals surface area contributed by atoms with E-state index in [-0.39, 0.29) is 12.6 Å². The van der Waals surface area contributed by atoms with Crippen LogP contribution < -0.4 is 0 Å². The van der Waals surface area contributed by atoms with Crippen LogP contribution in [0.2, 0.25) is 0 Å². The zero-order valence-electron chi connectivity index (χ0n) is 11.5. The first-order chi connectivity index (χ1) is 9.56. The van der Waals surface area contributed by atoms with Crippen molar-refractivity contribution in [3.63, 3.8) is 0 Å². The molecule has 2 aromatic rings. The first kappa shape index (κ1) is 14.2. The fraction of sp³-hybridized carbons (Fsp3) is 0.357. The Bertz CT molecular complexity index is 566. The van der Waals surface area contributed by atoms with E-state index in [1.54, 1.807) is 4.90 Å². The number of rotatable bonds is 6. The van der Waals surface area contributed by atoms with Gasteiger partial charge in [0.15, 0.2) is 5.82 Å². The molecule has 1 aromatic carbocycles. The summed E-state index contributed by atoms with van der Waals surface area (Å²) < 4.78 is 5.20. The minimum absolute atomic E-state index is 0.0487. The lowest BCUT2D eigenvalue weighted by molar-refractivity contribution is -0.139. The topological polar surface area (TPSA) is 79.5 Å². The highest BCUT2D eigenvalue weighted by Crippen LogP contribution is 2.17. The lowest BCUT2D eigenvalue weighted by atomic mass is 10.2. The maximum absolute atomic E-state index is 10.8. The van der Waals surface area contributed by atoms with Gasteiger partial charge in [-0.3, -0.25) is 9.69 Å². The Morgan fingerprint density at radius 3 is 2.65 bits per heavy atom. The Morgan fingerprint density at radius 1 is 1.35 bits per heavy atom. The van der Waals surface area contributed by atoms with Crippen molar-refractivity contribution in [1.82, 2.24) is 15.0 Å². The third-order valence-corrected chi connectivity index (χ3v) is 2.90. The molecule has 2 rings (SSSR count). The summed E-state index contributed by atoms with van der Waals surface area (Å²) in [6.07, 6.45) is 0. The number of nitrogens with zero attached hydrogens (tertiary/aromatic N) is 3. The van der Waals surface area contributed by atoms with Gasteiger partial charge in [0.1, 0.15) is 0 Å². The lowest BCUT2D eigenvalue weighted by Gasteiger charge is -2.22. The van der Waals surface area contributed by atoms with Crippen LogP contribution in [0, 0.1) is 0 Å². The van der Waals surface area contributed by atoms with Gasteiger partial charge in [-0.15, -0.1) is 0 Å². The van der Waals surface area contributed by atoms with Crippen LogP contribution in [0.3, 0.4) is 0 Å². The van der Waals surface area contributed by atoms with Gasteiger partial charge in [0, 0.05) is 11.6 Å². The summed E-state index contributed by atoms with van der Waals surface area (Å²) in [6.45, 7) is 4.16. The van der Waals surface area contributed by atoms with Gasteiger partial charge in [0.2, 0.25) is 0 Å². The quantitative estimate of drug-likeness (QED) is 0.869. The Morgan fingerprint density at radius 2 is 2.05 bits per heavy atom. The first-order valence-corrected chi connectivity index (χ1v) is 6.40. The molecule has 1 N–H and O–H groups in total. The summed E-state index contributed by atoms with van der Waals surface area (Å²) in [4.78, 5) is 16.9. The third kappa shape index (κ3) is 3.64. The van der Waals surface area contributed by atoms with Crippen LogP contribution in [-0.2, 0) is 11.3 Å².